The van der Waals surface area contributed by atoms with Crippen molar-refractivity contribution in [2.75, 3.05) is 6.79 Å². The lowest BCUT2D eigenvalue weighted by atomic mass is 9.96. The SMILES string of the molecule is O=C(O)Oc1ccc([N+](=O)[O-])cc1-c1cccc2cc3c(cc12)OCO3. The van der Waals surface area contributed by atoms with Gasteiger partial charge >= 0.3 is 6.16 Å². The summed E-state index contributed by atoms with van der Waals surface area (Å²) < 4.78 is 15.6. The molecule has 8 nitrogen and oxygen atoms in total. The molecule has 0 fully saturated rings. The third kappa shape index (κ3) is 2.63. The Bertz CT molecular complexity index is 1060. The topological polar surface area (TPSA) is 108 Å². The maximum absolute atomic E-state index is 11.1. The van der Waals surface area contributed by atoms with Crippen molar-refractivity contribution in [3.63, 3.8) is 0 Å². The van der Waals surface area contributed by atoms with Crippen LogP contribution in [0.25, 0.3) is 21.9 Å². The quantitative estimate of drug-likeness (QED) is 0.325. The summed E-state index contributed by atoms with van der Waals surface area (Å²) in [4.78, 5) is 21.6. The van der Waals surface area contributed by atoms with E-state index in [9.17, 15) is 14.9 Å². The van der Waals surface area contributed by atoms with Crippen molar-refractivity contribution in [3.05, 3.63) is 58.6 Å². The molecule has 0 aliphatic carbocycles. The second kappa shape index (κ2) is 5.92. The highest BCUT2D eigenvalue weighted by Crippen LogP contribution is 2.42. The molecule has 0 unspecified atom stereocenters. The molecular weight excluding hydrogens is 342 g/mol. The summed E-state index contributed by atoms with van der Waals surface area (Å²) in [6.45, 7) is 0.116. The van der Waals surface area contributed by atoms with Crippen molar-refractivity contribution in [1.29, 1.82) is 0 Å². The van der Waals surface area contributed by atoms with Crippen molar-refractivity contribution in [2.24, 2.45) is 0 Å². The molecule has 0 amide bonds. The number of nitro benzene ring substituents is 1. The highest BCUT2D eigenvalue weighted by Gasteiger charge is 2.20. The van der Waals surface area contributed by atoms with E-state index >= 15 is 0 Å². The molecule has 3 aromatic rings. The van der Waals surface area contributed by atoms with Gasteiger partial charge in [0.2, 0.25) is 6.79 Å². The predicted molar refractivity (Wildman–Crippen MR) is 90.8 cm³/mol. The van der Waals surface area contributed by atoms with Crippen LogP contribution < -0.4 is 14.2 Å². The number of carboxylic acid groups (broad SMARTS) is 1. The Morgan fingerprint density at radius 1 is 1.08 bits per heavy atom. The molecule has 0 bridgehead atoms. The average molecular weight is 353 g/mol. The van der Waals surface area contributed by atoms with E-state index in [4.69, 9.17) is 19.3 Å². The van der Waals surface area contributed by atoms with Gasteiger partial charge in [-0.05, 0) is 34.5 Å². The normalized spacial score (nSPS) is 12.2. The van der Waals surface area contributed by atoms with Gasteiger partial charge in [0, 0.05) is 17.7 Å². The van der Waals surface area contributed by atoms with Crippen molar-refractivity contribution in [1.82, 2.24) is 0 Å². The number of hydrogen-bond acceptors (Lipinski definition) is 6. The first-order valence-electron chi connectivity index (χ1n) is 7.55. The average Bonchev–Trinajstić information content (AvgIpc) is 3.06. The summed E-state index contributed by atoms with van der Waals surface area (Å²) in [6.07, 6.45) is -1.50. The first-order chi connectivity index (χ1) is 12.5. The van der Waals surface area contributed by atoms with E-state index in [0.717, 1.165) is 10.8 Å². The van der Waals surface area contributed by atoms with Crippen LogP contribution in [0.1, 0.15) is 0 Å². The molecule has 1 heterocycles. The first-order valence-corrected chi connectivity index (χ1v) is 7.55. The van der Waals surface area contributed by atoms with Crippen LogP contribution in [0.5, 0.6) is 17.2 Å². The van der Waals surface area contributed by atoms with Gasteiger partial charge in [-0.25, -0.2) is 4.79 Å². The molecule has 130 valence electrons. The first kappa shape index (κ1) is 15.7. The van der Waals surface area contributed by atoms with Gasteiger partial charge in [0.1, 0.15) is 5.75 Å². The Hall–Kier alpha value is -3.81. The summed E-state index contributed by atoms with van der Waals surface area (Å²) >= 11 is 0. The molecule has 1 aliphatic rings. The molecule has 1 N–H and O–H groups in total. The molecular formula is C18H11NO7. The molecule has 0 saturated carbocycles. The molecule has 3 aromatic carbocycles. The minimum absolute atomic E-state index is 0.00765. The van der Waals surface area contributed by atoms with Gasteiger partial charge < -0.3 is 19.3 Å². The molecule has 26 heavy (non-hydrogen) atoms. The third-order valence-corrected chi connectivity index (χ3v) is 4.03. The van der Waals surface area contributed by atoms with Gasteiger partial charge in [0.15, 0.2) is 11.5 Å². The zero-order chi connectivity index (χ0) is 18.3. The van der Waals surface area contributed by atoms with Crippen LogP contribution >= 0.6 is 0 Å². The molecule has 8 heteroatoms. The Kier molecular flexibility index (Phi) is 3.58. The molecule has 0 atom stereocenters. The fourth-order valence-electron chi connectivity index (χ4n) is 2.93. The van der Waals surface area contributed by atoms with Gasteiger partial charge in [-0.3, -0.25) is 10.1 Å². The molecule has 0 saturated heterocycles. The minimum atomic E-state index is -1.50. The maximum atomic E-state index is 11.1. The standard InChI is InChI=1S/C18H11NO7/c20-18(21)26-15-5-4-11(19(22)23)7-14(15)12-3-1-2-10-6-16-17(8-13(10)12)25-9-24-16/h1-8H,9H2,(H,20,21). The highest BCUT2D eigenvalue weighted by atomic mass is 16.7. The van der Waals surface area contributed by atoms with Gasteiger partial charge in [-0.15, -0.1) is 0 Å². The third-order valence-electron chi connectivity index (χ3n) is 4.03. The van der Waals surface area contributed by atoms with Crippen LogP contribution in [0.2, 0.25) is 0 Å². The van der Waals surface area contributed by atoms with E-state index in [1.807, 2.05) is 6.07 Å². The number of nitrogens with zero attached hydrogens (tertiary/aromatic N) is 1. The lowest BCUT2D eigenvalue weighted by molar-refractivity contribution is -0.384. The van der Waals surface area contributed by atoms with Crippen LogP contribution in [0.4, 0.5) is 10.5 Å². The Balaban J connectivity index is 1.98. The smallest absolute Gasteiger partial charge is 0.454 e. The van der Waals surface area contributed by atoms with Gasteiger partial charge in [0.25, 0.3) is 5.69 Å². The van der Waals surface area contributed by atoms with E-state index in [2.05, 4.69) is 0 Å². The molecule has 1 aliphatic heterocycles. The Morgan fingerprint density at radius 2 is 1.85 bits per heavy atom. The van der Waals surface area contributed by atoms with E-state index in [-0.39, 0.29) is 18.2 Å². The van der Waals surface area contributed by atoms with Crippen molar-refractivity contribution in [3.8, 4) is 28.4 Å². The zero-order valence-electron chi connectivity index (χ0n) is 13.2. The number of nitro groups is 1. The summed E-state index contributed by atoms with van der Waals surface area (Å²) in [5, 5.41) is 21.7. The summed E-state index contributed by atoms with van der Waals surface area (Å²) in [7, 11) is 0. The number of non-ortho nitro benzene ring substituents is 1. The molecule has 0 aromatic heterocycles. The largest absolute Gasteiger partial charge is 0.511 e. The van der Waals surface area contributed by atoms with Crippen molar-refractivity contribution < 1.29 is 29.0 Å². The van der Waals surface area contributed by atoms with Gasteiger partial charge in [-0.1, -0.05) is 18.2 Å². The number of benzene rings is 3. The Labute approximate surface area is 146 Å². The van der Waals surface area contributed by atoms with E-state index in [1.165, 1.54) is 18.2 Å². The second-order valence-corrected chi connectivity index (χ2v) is 5.54. The van der Waals surface area contributed by atoms with Crippen molar-refractivity contribution >= 4 is 22.6 Å². The fourth-order valence-corrected chi connectivity index (χ4v) is 2.93. The van der Waals surface area contributed by atoms with Gasteiger partial charge in [-0.2, -0.15) is 0 Å². The van der Waals surface area contributed by atoms with Crippen molar-refractivity contribution in [2.45, 2.75) is 0 Å². The summed E-state index contributed by atoms with van der Waals surface area (Å²) in [5.41, 5.74) is 0.710. The maximum Gasteiger partial charge on any atom is 0.511 e. The van der Waals surface area contributed by atoms with E-state index < -0.39 is 11.1 Å². The zero-order valence-corrected chi connectivity index (χ0v) is 13.2. The molecule has 4 rings (SSSR count). The Morgan fingerprint density at radius 3 is 2.58 bits per heavy atom. The number of ether oxygens (including phenoxy) is 3. The minimum Gasteiger partial charge on any atom is -0.454 e. The van der Waals surface area contributed by atoms with Crippen LogP contribution in [-0.2, 0) is 0 Å². The van der Waals surface area contributed by atoms with Crippen LogP contribution in [0.3, 0.4) is 0 Å². The number of carbonyl (C=O) groups is 1. The van der Waals surface area contributed by atoms with E-state index in [1.54, 1.807) is 24.3 Å². The molecule has 0 spiro atoms. The lowest BCUT2D eigenvalue weighted by Crippen LogP contribution is -2.04. The predicted octanol–water partition coefficient (Wildman–Crippen LogP) is 4.20. The monoisotopic (exact) mass is 353 g/mol. The van der Waals surface area contributed by atoms with Crippen LogP contribution in [-0.4, -0.2) is 23.0 Å². The number of fused-ring (bicyclic) bond motifs is 2. The summed E-state index contributed by atoms with van der Waals surface area (Å²) in [5.74, 6) is 1.17. The van der Waals surface area contributed by atoms with Crippen LogP contribution in [0, 0.1) is 10.1 Å². The number of rotatable bonds is 3. The lowest BCUT2D eigenvalue weighted by Gasteiger charge is -2.12. The van der Waals surface area contributed by atoms with Crippen LogP contribution in [0.15, 0.2) is 48.5 Å². The second-order valence-electron chi connectivity index (χ2n) is 5.54. The number of hydrogen-bond donors (Lipinski definition) is 1. The van der Waals surface area contributed by atoms with E-state index in [0.29, 0.717) is 22.6 Å². The highest BCUT2D eigenvalue weighted by molar-refractivity contribution is 6.00. The fraction of sp³-hybridized carbons (Fsp3) is 0.0556. The van der Waals surface area contributed by atoms with Gasteiger partial charge in [0.05, 0.1) is 4.92 Å². The summed E-state index contributed by atoms with van der Waals surface area (Å²) in [6, 6.07) is 12.7. The molecule has 0 radical (unpaired) electrons.